The van der Waals surface area contributed by atoms with Crippen molar-refractivity contribution in [2.24, 2.45) is 11.8 Å². The number of anilines is 1. The van der Waals surface area contributed by atoms with Crippen LogP contribution in [0.4, 0.5) is 11.4 Å². The Morgan fingerprint density at radius 3 is 2.54 bits per heavy atom. The molecule has 0 aromatic heterocycles. The van der Waals surface area contributed by atoms with Gasteiger partial charge in [0.05, 0.1) is 4.92 Å². The molecular weight excluding hydrogens is 334 g/mol. The van der Waals surface area contributed by atoms with Crippen molar-refractivity contribution in [3.63, 3.8) is 0 Å². The number of hydrogen-bond acceptors (Lipinski definition) is 4. The smallest absolute Gasteiger partial charge is 0.313 e. The van der Waals surface area contributed by atoms with Gasteiger partial charge in [-0.1, -0.05) is 39.7 Å². The molecule has 0 aliphatic heterocycles. The van der Waals surface area contributed by atoms with Crippen LogP contribution in [0.2, 0.25) is 0 Å². The van der Waals surface area contributed by atoms with Crippen LogP contribution in [0.3, 0.4) is 0 Å². The zero-order chi connectivity index (χ0) is 19.3. The van der Waals surface area contributed by atoms with Crippen LogP contribution in [0.5, 0.6) is 0 Å². The van der Waals surface area contributed by atoms with Crippen LogP contribution in [-0.2, 0) is 16.0 Å². The Hall–Kier alpha value is -2.44. The number of nitro groups is 1. The van der Waals surface area contributed by atoms with E-state index in [1.807, 2.05) is 6.92 Å². The van der Waals surface area contributed by atoms with E-state index in [2.05, 4.69) is 24.5 Å². The number of rotatable bonds is 5. The second kappa shape index (κ2) is 8.78. The molecule has 0 spiro atoms. The van der Waals surface area contributed by atoms with Crippen LogP contribution < -0.4 is 10.6 Å². The third-order valence-electron chi connectivity index (χ3n) is 5.12. The Balaban J connectivity index is 2.04. The van der Waals surface area contributed by atoms with Gasteiger partial charge in [0, 0.05) is 23.4 Å². The number of nitrogens with one attached hydrogen (secondary N) is 2. The fourth-order valence-corrected chi connectivity index (χ4v) is 3.67. The van der Waals surface area contributed by atoms with Crippen molar-refractivity contribution in [3.8, 4) is 0 Å². The minimum absolute atomic E-state index is 0.00111. The Kier molecular flexibility index (Phi) is 6.71. The first-order valence-electron chi connectivity index (χ1n) is 9.22. The lowest BCUT2D eigenvalue weighted by Gasteiger charge is -2.34. The number of benzene rings is 1. The standard InChI is InChI=1S/C19H27N3O4/c1-4-13-9-10-14(11-17(13)22(25)26)20-18(23)19(24)21-16-8-6-5-7-15(16)12(2)3/h9-12,15-16H,4-8H2,1-3H3,(H,20,23)(H,21,24). The molecule has 2 unspecified atom stereocenters. The maximum atomic E-state index is 12.3. The summed E-state index contributed by atoms with van der Waals surface area (Å²) >= 11 is 0. The van der Waals surface area contributed by atoms with Crippen LogP contribution >= 0.6 is 0 Å². The highest BCUT2D eigenvalue weighted by Gasteiger charge is 2.30. The first-order valence-corrected chi connectivity index (χ1v) is 9.22. The second-order valence-electron chi connectivity index (χ2n) is 7.18. The molecule has 1 aliphatic carbocycles. The molecule has 2 amide bonds. The third-order valence-corrected chi connectivity index (χ3v) is 5.12. The van der Waals surface area contributed by atoms with Gasteiger partial charge in [-0.15, -0.1) is 0 Å². The molecule has 2 rings (SSSR count). The maximum absolute atomic E-state index is 12.3. The molecule has 0 saturated heterocycles. The van der Waals surface area contributed by atoms with Crippen LogP contribution in [-0.4, -0.2) is 22.8 Å². The molecule has 26 heavy (non-hydrogen) atoms. The highest BCUT2D eigenvalue weighted by atomic mass is 16.6. The van der Waals surface area contributed by atoms with Crippen LogP contribution in [0.25, 0.3) is 0 Å². The first kappa shape index (κ1) is 19.9. The predicted molar refractivity (Wildman–Crippen MR) is 99.8 cm³/mol. The van der Waals surface area contributed by atoms with E-state index < -0.39 is 16.7 Å². The Morgan fingerprint density at radius 1 is 1.23 bits per heavy atom. The average molecular weight is 361 g/mol. The summed E-state index contributed by atoms with van der Waals surface area (Å²) in [5.74, 6) is -0.681. The minimum Gasteiger partial charge on any atom is -0.345 e. The fourth-order valence-electron chi connectivity index (χ4n) is 3.67. The average Bonchev–Trinajstić information content (AvgIpc) is 2.61. The zero-order valence-corrected chi connectivity index (χ0v) is 15.6. The van der Waals surface area contributed by atoms with Crippen molar-refractivity contribution in [2.75, 3.05) is 5.32 Å². The number of nitrogens with zero attached hydrogens (tertiary/aromatic N) is 1. The number of carbonyl (C=O) groups excluding carboxylic acids is 2. The summed E-state index contributed by atoms with van der Waals surface area (Å²) in [4.78, 5) is 35.1. The molecule has 1 aromatic rings. The normalized spacial score (nSPS) is 19.8. The molecule has 1 saturated carbocycles. The second-order valence-corrected chi connectivity index (χ2v) is 7.18. The van der Waals surface area contributed by atoms with Crippen LogP contribution in [0.1, 0.15) is 52.0 Å². The van der Waals surface area contributed by atoms with E-state index in [0.29, 0.717) is 23.8 Å². The monoisotopic (exact) mass is 361 g/mol. The van der Waals surface area contributed by atoms with Gasteiger partial charge in [0.25, 0.3) is 5.69 Å². The third kappa shape index (κ3) is 4.80. The van der Waals surface area contributed by atoms with Crippen molar-refractivity contribution in [1.82, 2.24) is 5.32 Å². The molecule has 7 heteroatoms. The lowest BCUT2D eigenvalue weighted by atomic mass is 9.78. The number of hydrogen-bond donors (Lipinski definition) is 2. The van der Waals surface area contributed by atoms with Crippen LogP contribution in [0, 0.1) is 22.0 Å². The fraction of sp³-hybridized carbons (Fsp3) is 0.579. The highest BCUT2D eigenvalue weighted by Crippen LogP contribution is 2.30. The van der Waals surface area contributed by atoms with E-state index in [9.17, 15) is 19.7 Å². The van der Waals surface area contributed by atoms with Gasteiger partial charge in [0.1, 0.15) is 0 Å². The van der Waals surface area contributed by atoms with Gasteiger partial charge in [0.2, 0.25) is 0 Å². The molecule has 7 nitrogen and oxygen atoms in total. The van der Waals surface area contributed by atoms with Crippen molar-refractivity contribution in [2.45, 2.75) is 58.9 Å². The van der Waals surface area contributed by atoms with Gasteiger partial charge < -0.3 is 10.6 Å². The van der Waals surface area contributed by atoms with E-state index >= 15 is 0 Å². The van der Waals surface area contributed by atoms with E-state index in [4.69, 9.17) is 0 Å². The molecular formula is C19H27N3O4. The molecule has 1 aliphatic rings. The van der Waals surface area contributed by atoms with Gasteiger partial charge in [-0.2, -0.15) is 0 Å². The molecule has 0 heterocycles. The molecule has 2 atom stereocenters. The topological polar surface area (TPSA) is 101 Å². The van der Waals surface area contributed by atoms with Crippen LogP contribution in [0.15, 0.2) is 18.2 Å². The molecule has 2 N–H and O–H groups in total. The molecule has 1 aromatic carbocycles. The predicted octanol–water partition coefficient (Wildman–Crippen LogP) is 3.43. The van der Waals surface area contributed by atoms with Gasteiger partial charge >= 0.3 is 11.8 Å². The lowest BCUT2D eigenvalue weighted by Crippen LogP contribution is -2.47. The molecule has 0 radical (unpaired) electrons. The quantitative estimate of drug-likeness (QED) is 0.476. The number of nitro benzene ring substituents is 1. The summed E-state index contributed by atoms with van der Waals surface area (Å²) in [6, 6.07) is 4.47. The number of carbonyl (C=O) groups is 2. The summed E-state index contributed by atoms with van der Waals surface area (Å²) in [5.41, 5.74) is 0.774. The van der Waals surface area contributed by atoms with Crippen molar-refractivity contribution in [1.29, 1.82) is 0 Å². The lowest BCUT2D eigenvalue weighted by molar-refractivity contribution is -0.385. The SMILES string of the molecule is CCc1ccc(NC(=O)C(=O)NC2CCCCC2C(C)C)cc1[N+](=O)[O-]. The minimum atomic E-state index is -0.795. The van der Waals surface area contributed by atoms with Gasteiger partial charge in [-0.05, 0) is 37.2 Å². The van der Waals surface area contributed by atoms with Crippen molar-refractivity contribution < 1.29 is 14.5 Å². The highest BCUT2D eigenvalue weighted by molar-refractivity contribution is 6.39. The summed E-state index contributed by atoms with van der Waals surface area (Å²) in [6.07, 6.45) is 4.63. The van der Waals surface area contributed by atoms with Crippen molar-refractivity contribution >= 4 is 23.2 Å². The Morgan fingerprint density at radius 2 is 1.92 bits per heavy atom. The van der Waals surface area contributed by atoms with Crippen molar-refractivity contribution in [3.05, 3.63) is 33.9 Å². The number of amides is 2. The molecule has 1 fully saturated rings. The van der Waals surface area contributed by atoms with E-state index in [1.54, 1.807) is 12.1 Å². The van der Waals surface area contributed by atoms with E-state index in [-0.39, 0.29) is 17.4 Å². The summed E-state index contributed by atoms with van der Waals surface area (Å²) in [6.45, 7) is 6.08. The zero-order valence-electron chi connectivity index (χ0n) is 15.6. The Labute approximate surface area is 153 Å². The maximum Gasteiger partial charge on any atom is 0.313 e. The Bertz CT molecular complexity index is 687. The summed E-state index contributed by atoms with van der Waals surface area (Å²) in [5, 5.41) is 16.4. The number of aryl methyl sites for hydroxylation is 1. The summed E-state index contributed by atoms with van der Waals surface area (Å²) in [7, 11) is 0. The first-order chi connectivity index (χ1) is 12.3. The molecule has 142 valence electrons. The molecule has 0 bridgehead atoms. The van der Waals surface area contributed by atoms with Gasteiger partial charge in [0.15, 0.2) is 0 Å². The van der Waals surface area contributed by atoms with Gasteiger partial charge in [-0.25, -0.2) is 0 Å². The summed E-state index contributed by atoms with van der Waals surface area (Å²) < 4.78 is 0. The van der Waals surface area contributed by atoms with E-state index in [1.165, 1.54) is 6.07 Å². The van der Waals surface area contributed by atoms with E-state index in [0.717, 1.165) is 25.7 Å². The largest absolute Gasteiger partial charge is 0.345 e. The van der Waals surface area contributed by atoms with Gasteiger partial charge in [-0.3, -0.25) is 19.7 Å².